The number of allylic oxidation sites excluding steroid dienone is 1. The Bertz CT molecular complexity index is 316. The molecule has 0 aliphatic carbocycles. The predicted octanol–water partition coefficient (Wildman–Crippen LogP) is 5.03. The monoisotopic (exact) mass is 216 g/mol. The molecule has 0 heteroatoms. The highest BCUT2D eigenvalue weighted by Crippen LogP contribution is 2.35. The van der Waals surface area contributed by atoms with Crippen LogP contribution in [0.4, 0.5) is 0 Å². The second kappa shape index (κ2) is 5.34. The Labute approximate surface area is 100 Å². The molecule has 0 aliphatic rings. The fourth-order valence-electron chi connectivity index (χ4n) is 2.10. The smallest absolute Gasteiger partial charge is 0.0182 e. The third kappa shape index (κ3) is 3.52. The van der Waals surface area contributed by atoms with Gasteiger partial charge in [-0.2, -0.15) is 0 Å². The van der Waals surface area contributed by atoms with Gasteiger partial charge < -0.3 is 0 Å². The first kappa shape index (κ1) is 13.0. The lowest BCUT2D eigenvalue weighted by atomic mass is 9.75. The molecule has 0 aliphatic heterocycles. The number of hydrogen-bond acceptors (Lipinski definition) is 0. The van der Waals surface area contributed by atoms with Crippen LogP contribution >= 0.6 is 0 Å². The summed E-state index contributed by atoms with van der Waals surface area (Å²) in [6.07, 6.45) is 3.29. The molecule has 0 amide bonds. The van der Waals surface area contributed by atoms with E-state index >= 15 is 0 Å². The summed E-state index contributed by atoms with van der Waals surface area (Å²) < 4.78 is 0. The highest BCUT2D eigenvalue weighted by Gasteiger charge is 2.23. The molecule has 2 unspecified atom stereocenters. The second-order valence-electron chi connectivity index (χ2n) is 5.76. The van der Waals surface area contributed by atoms with E-state index in [-0.39, 0.29) is 0 Å². The van der Waals surface area contributed by atoms with Gasteiger partial charge in [0.25, 0.3) is 0 Å². The van der Waals surface area contributed by atoms with Gasteiger partial charge in [0, 0.05) is 0 Å². The summed E-state index contributed by atoms with van der Waals surface area (Å²) in [6.45, 7) is 13.1. The first-order chi connectivity index (χ1) is 7.45. The third-order valence-corrected chi connectivity index (χ3v) is 3.37. The molecule has 1 rings (SSSR count). The lowest BCUT2D eigenvalue weighted by Crippen LogP contribution is -2.20. The van der Waals surface area contributed by atoms with Gasteiger partial charge in [-0.15, -0.1) is 6.58 Å². The average molecular weight is 216 g/mol. The Balaban J connectivity index is 2.70. The van der Waals surface area contributed by atoms with Crippen LogP contribution in [0, 0.1) is 11.3 Å². The molecule has 1 aromatic rings. The third-order valence-electron chi connectivity index (χ3n) is 3.37. The first-order valence-electron chi connectivity index (χ1n) is 6.12. The van der Waals surface area contributed by atoms with Gasteiger partial charge in [0.05, 0.1) is 0 Å². The van der Waals surface area contributed by atoms with Crippen molar-refractivity contribution in [1.82, 2.24) is 0 Å². The lowest BCUT2D eigenvalue weighted by molar-refractivity contribution is 0.267. The summed E-state index contributed by atoms with van der Waals surface area (Å²) in [5.74, 6) is 1.17. The molecule has 88 valence electrons. The standard InChI is InChI=1S/C16H24/c1-6-15(16(3,4)5)12-13(2)14-10-8-7-9-11-14/h6-11,13,15H,1,12H2,2-5H3. The van der Waals surface area contributed by atoms with Crippen LogP contribution in [0.15, 0.2) is 43.0 Å². The van der Waals surface area contributed by atoms with Gasteiger partial charge in [-0.3, -0.25) is 0 Å². The van der Waals surface area contributed by atoms with E-state index < -0.39 is 0 Å². The summed E-state index contributed by atoms with van der Waals surface area (Å²) in [7, 11) is 0. The Morgan fingerprint density at radius 1 is 1.19 bits per heavy atom. The molecule has 0 heterocycles. The Morgan fingerprint density at radius 3 is 2.19 bits per heavy atom. The molecule has 0 saturated heterocycles. The van der Waals surface area contributed by atoms with Crippen LogP contribution < -0.4 is 0 Å². The van der Waals surface area contributed by atoms with Crippen molar-refractivity contribution < 1.29 is 0 Å². The Morgan fingerprint density at radius 2 is 1.75 bits per heavy atom. The van der Waals surface area contributed by atoms with Crippen molar-refractivity contribution in [2.45, 2.75) is 40.0 Å². The molecular weight excluding hydrogens is 192 g/mol. The zero-order valence-electron chi connectivity index (χ0n) is 11.0. The fraction of sp³-hybridized carbons (Fsp3) is 0.500. The largest absolute Gasteiger partial charge is 0.103 e. The van der Waals surface area contributed by atoms with Gasteiger partial charge in [0.15, 0.2) is 0 Å². The molecule has 0 aromatic heterocycles. The maximum Gasteiger partial charge on any atom is -0.0182 e. The van der Waals surface area contributed by atoms with Crippen molar-refractivity contribution in [3.8, 4) is 0 Å². The van der Waals surface area contributed by atoms with E-state index in [1.54, 1.807) is 0 Å². The van der Waals surface area contributed by atoms with Crippen molar-refractivity contribution in [3.63, 3.8) is 0 Å². The SMILES string of the molecule is C=CC(CC(C)c1ccccc1)C(C)(C)C. The quantitative estimate of drug-likeness (QED) is 0.619. The first-order valence-corrected chi connectivity index (χ1v) is 6.12. The van der Waals surface area contributed by atoms with Crippen molar-refractivity contribution >= 4 is 0 Å². The molecule has 1 aromatic carbocycles. The Hall–Kier alpha value is -1.04. The van der Waals surface area contributed by atoms with Crippen molar-refractivity contribution in [3.05, 3.63) is 48.6 Å². The average Bonchev–Trinajstić information content (AvgIpc) is 2.25. The summed E-state index contributed by atoms with van der Waals surface area (Å²) in [5, 5.41) is 0. The van der Waals surface area contributed by atoms with E-state index in [2.05, 4.69) is 70.7 Å². The van der Waals surface area contributed by atoms with Gasteiger partial charge in [0.1, 0.15) is 0 Å². The molecule has 16 heavy (non-hydrogen) atoms. The van der Waals surface area contributed by atoms with Crippen molar-refractivity contribution in [2.75, 3.05) is 0 Å². The van der Waals surface area contributed by atoms with Crippen LogP contribution in [0.3, 0.4) is 0 Å². The fourth-order valence-corrected chi connectivity index (χ4v) is 2.10. The van der Waals surface area contributed by atoms with Gasteiger partial charge in [-0.05, 0) is 29.2 Å². The number of rotatable bonds is 4. The highest BCUT2D eigenvalue weighted by atomic mass is 14.3. The molecule has 0 saturated carbocycles. The molecule has 0 bridgehead atoms. The minimum Gasteiger partial charge on any atom is -0.103 e. The molecular formula is C16H24. The van der Waals surface area contributed by atoms with Gasteiger partial charge >= 0.3 is 0 Å². The lowest BCUT2D eigenvalue weighted by Gasteiger charge is -2.30. The van der Waals surface area contributed by atoms with Crippen molar-refractivity contribution in [1.29, 1.82) is 0 Å². The predicted molar refractivity (Wildman–Crippen MR) is 72.6 cm³/mol. The van der Waals surface area contributed by atoms with Gasteiger partial charge in [-0.1, -0.05) is 64.1 Å². The van der Waals surface area contributed by atoms with Crippen LogP contribution in [0.5, 0.6) is 0 Å². The summed E-state index contributed by atoms with van der Waals surface area (Å²) in [6, 6.07) is 10.7. The molecule has 2 atom stereocenters. The molecule has 0 spiro atoms. The summed E-state index contributed by atoms with van der Waals surface area (Å²) >= 11 is 0. The molecule has 0 radical (unpaired) electrons. The van der Waals surface area contributed by atoms with Crippen LogP contribution in [-0.2, 0) is 0 Å². The highest BCUT2D eigenvalue weighted by molar-refractivity contribution is 5.19. The number of benzene rings is 1. The van der Waals surface area contributed by atoms with E-state index in [1.807, 2.05) is 0 Å². The van der Waals surface area contributed by atoms with Crippen LogP contribution in [0.25, 0.3) is 0 Å². The van der Waals surface area contributed by atoms with Crippen LogP contribution in [-0.4, -0.2) is 0 Å². The molecule has 0 N–H and O–H groups in total. The van der Waals surface area contributed by atoms with E-state index in [1.165, 1.54) is 12.0 Å². The zero-order chi connectivity index (χ0) is 12.2. The summed E-state index contributed by atoms with van der Waals surface area (Å²) in [5.41, 5.74) is 1.74. The molecule has 0 fully saturated rings. The van der Waals surface area contributed by atoms with Crippen molar-refractivity contribution in [2.24, 2.45) is 11.3 Å². The molecule has 0 nitrogen and oxygen atoms in total. The van der Waals surface area contributed by atoms with E-state index in [9.17, 15) is 0 Å². The normalized spacial score (nSPS) is 15.5. The van der Waals surface area contributed by atoms with Gasteiger partial charge in [-0.25, -0.2) is 0 Å². The topological polar surface area (TPSA) is 0 Å². The van der Waals surface area contributed by atoms with E-state index in [4.69, 9.17) is 0 Å². The maximum atomic E-state index is 3.97. The minimum absolute atomic E-state index is 0.310. The summed E-state index contributed by atoms with van der Waals surface area (Å²) in [4.78, 5) is 0. The minimum atomic E-state index is 0.310. The van der Waals surface area contributed by atoms with E-state index in [0.717, 1.165) is 0 Å². The Kier molecular flexibility index (Phi) is 4.35. The number of hydrogen-bond donors (Lipinski definition) is 0. The van der Waals surface area contributed by atoms with E-state index in [0.29, 0.717) is 17.3 Å². The maximum absolute atomic E-state index is 3.97. The van der Waals surface area contributed by atoms with Crippen LogP contribution in [0.1, 0.15) is 45.6 Å². The van der Waals surface area contributed by atoms with Crippen LogP contribution in [0.2, 0.25) is 0 Å². The second-order valence-corrected chi connectivity index (χ2v) is 5.76. The zero-order valence-corrected chi connectivity index (χ0v) is 11.0. The van der Waals surface area contributed by atoms with Gasteiger partial charge in [0.2, 0.25) is 0 Å².